The highest BCUT2D eigenvalue weighted by Gasteiger charge is 2.11. The van der Waals surface area contributed by atoms with E-state index in [1.807, 2.05) is 31.2 Å². The zero-order valence-electron chi connectivity index (χ0n) is 9.56. The van der Waals surface area contributed by atoms with E-state index in [-0.39, 0.29) is 5.57 Å². The van der Waals surface area contributed by atoms with Gasteiger partial charge in [-0.2, -0.15) is 0 Å². The number of aliphatic hydroxyl groups is 1. The second-order valence-electron chi connectivity index (χ2n) is 3.54. The van der Waals surface area contributed by atoms with E-state index in [2.05, 4.69) is 0 Å². The number of carbonyl (C=O) groups excluding carboxylic acids is 1. The number of hydrogen-bond acceptors (Lipinski definition) is 3. The van der Waals surface area contributed by atoms with Crippen LogP contribution in [0.4, 0.5) is 0 Å². The van der Waals surface area contributed by atoms with E-state index < -0.39 is 5.97 Å². The fraction of sp³-hybridized carbons (Fsp3) is 0.308. The molecule has 1 aromatic carbocycles. The second-order valence-corrected chi connectivity index (χ2v) is 3.54. The molecule has 0 unspecified atom stereocenters. The molecule has 1 rings (SSSR count). The Morgan fingerprint density at radius 3 is 2.81 bits per heavy atom. The summed E-state index contributed by atoms with van der Waals surface area (Å²) in [4.78, 5) is 11.4. The molecule has 0 saturated carbocycles. The van der Waals surface area contributed by atoms with Crippen LogP contribution in [0.25, 0.3) is 0 Å². The lowest BCUT2D eigenvalue weighted by Gasteiger charge is -2.06. The Hall–Kier alpha value is -1.77. The van der Waals surface area contributed by atoms with Crippen molar-refractivity contribution in [1.29, 1.82) is 0 Å². The molecule has 0 aliphatic carbocycles. The van der Waals surface area contributed by atoms with Crippen molar-refractivity contribution in [3.8, 4) is 0 Å². The van der Waals surface area contributed by atoms with Gasteiger partial charge in [0.25, 0.3) is 0 Å². The number of aliphatic hydroxyl groups excluding tert-OH is 1. The molecule has 16 heavy (non-hydrogen) atoms. The third kappa shape index (κ3) is 3.42. The number of aryl methyl sites for hydroxylation is 1. The third-order valence-electron chi connectivity index (χ3n) is 2.17. The normalized spacial score (nSPS) is 11.2. The zero-order valence-corrected chi connectivity index (χ0v) is 9.56. The van der Waals surface area contributed by atoms with Crippen molar-refractivity contribution in [2.24, 2.45) is 0 Å². The first kappa shape index (κ1) is 12.3. The van der Waals surface area contributed by atoms with E-state index in [9.17, 15) is 4.79 Å². The van der Waals surface area contributed by atoms with Crippen molar-refractivity contribution in [2.45, 2.75) is 20.3 Å². The quantitative estimate of drug-likeness (QED) is 0.482. The molecule has 1 N–H and O–H groups in total. The fourth-order valence-electron chi connectivity index (χ4n) is 1.44. The Morgan fingerprint density at radius 1 is 1.50 bits per heavy atom. The van der Waals surface area contributed by atoms with Gasteiger partial charge in [-0.3, -0.25) is 0 Å². The molecule has 86 valence electrons. The fourth-order valence-corrected chi connectivity index (χ4v) is 1.44. The van der Waals surface area contributed by atoms with Gasteiger partial charge in [0.05, 0.1) is 18.4 Å². The van der Waals surface area contributed by atoms with Crippen LogP contribution >= 0.6 is 0 Å². The first-order valence-electron chi connectivity index (χ1n) is 5.23. The molecule has 0 aliphatic heterocycles. The Bertz CT molecular complexity index is 394. The number of ether oxygens (including phenoxy) is 1. The minimum atomic E-state index is -0.466. The lowest BCUT2D eigenvalue weighted by molar-refractivity contribution is -0.138. The van der Waals surface area contributed by atoms with Gasteiger partial charge < -0.3 is 9.84 Å². The van der Waals surface area contributed by atoms with E-state index in [0.29, 0.717) is 13.0 Å². The molecular weight excluding hydrogens is 204 g/mol. The number of benzene rings is 1. The average molecular weight is 220 g/mol. The van der Waals surface area contributed by atoms with Gasteiger partial charge in [0, 0.05) is 6.42 Å². The van der Waals surface area contributed by atoms with Crippen LogP contribution in [0.5, 0.6) is 0 Å². The SMILES string of the molecule is CCOC(=O)/C(=C/O)Cc1cccc(C)c1. The summed E-state index contributed by atoms with van der Waals surface area (Å²) in [5.74, 6) is -0.466. The summed E-state index contributed by atoms with van der Waals surface area (Å²) in [5, 5.41) is 8.99. The van der Waals surface area contributed by atoms with Crippen LogP contribution in [0.15, 0.2) is 36.1 Å². The summed E-state index contributed by atoms with van der Waals surface area (Å²) in [7, 11) is 0. The third-order valence-corrected chi connectivity index (χ3v) is 2.17. The van der Waals surface area contributed by atoms with Crippen molar-refractivity contribution in [1.82, 2.24) is 0 Å². The first-order valence-corrected chi connectivity index (χ1v) is 5.23. The smallest absolute Gasteiger partial charge is 0.337 e. The molecule has 0 aromatic heterocycles. The molecule has 3 nitrogen and oxygen atoms in total. The van der Waals surface area contributed by atoms with Gasteiger partial charge in [0.1, 0.15) is 0 Å². The van der Waals surface area contributed by atoms with Gasteiger partial charge in [0.2, 0.25) is 0 Å². The minimum Gasteiger partial charge on any atom is -0.515 e. The molecule has 0 saturated heterocycles. The highest BCUT2D eigenvalue weighted by molar-refractivity contribution is 5.88. The maximum Gasteiger partial charge on any atom is 0.337 e. The molecule has 0 spiro atoms. The minimum absolute atomic E-state index is 0.271. The van der Waals surface area contributed by atoms with Gasteiger partial charge >= 0.3 is 5.97 Å². The molecule has 3 heteroatoms. The van der Waals surface area contributed by atoms with Crippen LogP contribution in [-0.2, 0) is 16.0 Å². The maximum absolute atomic E-state index is 11.4. The molecule has 0 aliphatic rings. The molecule has 0 radical (unpaired) electrons. The largest absolute Gasteiger partial charge is 0.515 e. The van der Waals surface area contributed by atoms with Crippen molar-refractivity contribution >= 4 is 5.97 Å². The number of carbonyl (C=O) groups is 1. The van der Waals surface area contributed by atoms with Crippen LogP contribution in [0.1, 0.15) is 18.1 Å². The molecule has 0 bridgehead atoms. The monoisotopic (exact) mass is 220 g/mol. The van der Waals surface area contributed by atoms with Gasteiger partial charge in [-0.25, -0.2) is 4.79 Å². The predicted molar refractivity (Wildman–Crippen MR) is 62.2 cm³/mol. The lowest BCUT2D eigenvalue weighted by Crippen LogP contribution is -2.10. The highest BCUT2D eigenvalue weighted by Crippen LogP contribution is 2.11. The Balaban J connectivity index is 2.75. The molecule has 1 aromatic rings. The van der Waals surface area contributed by atoms with E-state index in [1.165, 1.54) is 0 Å². The lowest BCUT2D eigenvalue weighted by atomic mass is 10.0. The Kier molecular flexibility index (Phi) is 4.58. The molecule has 0 heterocycles. The second kappa shape index (κ2) is 5.95. The van der Waals surface area contributed by atoms with Gasteiger partial charge in [-0.15, -0.1) is 0 Å². The zero-order chi connectivity index (χ0) is 12.0. The van der Waals surface area contributed by atoms with Crippen molar-refractivity contribution < 1.29 is 14.6 Å². The summed E-state index contributed by atoms with van der Waals surface area (Å²) in [6.45, 7) is 4.03. The van der Waals surface area contributed by atoms with Crippen molar-refractivity contribution in [2.75, 3.05) is 6.61 Å². The summed E-state index contributed by atoms with van der Waals surface area (Å²) >= 11 is 0. The van der Waals surface area contributed by atoms with Crippen LogP contribution in [0, 0.1) is 6.92 Å². The molecule has 0 atom stereocenters. The Labute approximate surface area is 95.4 Å². The number of esters is 1. The topological polar surface area (TPSA) is 46.5 Å². The highest BCUT2D eigenvalue weighted by atomic mass is 16.5. The molecule has 0 amide bonds. The van der Waals surface area contributed by atoms with Crippen molar-refractivity contribution in [3.63, 3.8) is 0 Å². The predicted octanol–water partition coefficient (Wildman–Crippen LogP) is 2.54. The van der Waals surface area contributed by atoms with E-state index in [1.54, 1.807) is 6.92 Å². The summed E-state index contributed by atoms with van der Waals surface area (Å²) in [6, 6.07) is 7.79. The van der Waals surface area contributed by atoms with Gasteiger partial charge in [0.15, 0.2) is 0 Å². The van der Waals surface area contributed by atoms with Crippen molar-refractivity contribution in [3.05, 3.63) is 47.2 Å². The van der Waals surface area contributed by atoms with E-state index in [4.69, 9.17) is 9.84 Å². The first-order chi connectivity index (χ1) is 7.67. The van der Waals surface area contributed by atoms with Gasteiger partial charge in [-0.05, 0) is 19.4 Å². The Morgan fingerprint density at radius 2 is 2.25 bits per heavy atom. The van der Waals surface area contributed by atoms with Crippen LogP contribution in [0.2, 0.25) is 0 Å². The summed E-state index contributed by atoms with van der Waals surface area (Å²) in [5.41, 5.74) is 2.37. The molecule has 0 fully saturated rings. The number of hydrogen-bond donors (Lipinski definition) is 1. The maximum atomic E-state index is 11.4. The van der Waals surface area contributed by atoms with Crippen LogP contribution in [-0.4, -0.2) is 17.7 Å². The van der Waals surface area contributed by atoms with E-state index in [0.717, 1.165) is 17.4 Å². The average Bonchev–Trinajstić information content (AvgIpc) is 2.26. The van der Waals surface area contributed by atoms with E-state index >= 15 is 0 Å². The summed E-state index contributed by atoms with van der Waals surface area (Å²) < 4.78 is 4.83. The number of rotatable bonds is 4. The van der Waals surface area contributed by atoms with Crippen LogP contribution in [0.3, 0.4) is 0 Å². The molecular formula is C13H16O3. The summed E-state index contributed by atoms with van der Waals surface area (Å²) in [6.07, 6.45) is 1.21. The van der Waals surface area contributed by atoms with Gasteiger partial charge in [-0.1, -0.05) is 29.8 Å². The van der Waals surface area contributed by atoms with Crippen LogP contribution < -0.4 is 0 Å². The standard InChI is InChI=1S/C13H16O3/c1-3-16-13(15)12(9-14)8-11-6-4-5-10(2)7-11/h4-7,9,14H,3,8H2,1-2H3/b12-9+.